The van der Waals surface area contributed by atoms with Crippen molar-refractivity contribution in [1.82, 2.24) is 14.9 Å². The molecule has 2 aromatic rings. The van der Waals surface area contributed by atoms with Crippen molar-refractivity contribution in [3.05, 3.63) is 48.0 Å². The molecule has 5 nitrogen and oxygen atoms in total. The van der Waals surface area contributed by atoms with Crippen LogP contribution in [0.15, 0.2) is 41.9 Å². The maximum atomic E-state index is 4.76. The number of hydrogen-bond donors (Lipinski definition) is 1. The minimum absolute atomic E-state index is 0.0926. The van der Waals surface area contributed by atoms with Crippen LogP contribution < -0.4 is 5.43 Å². The monoisotopic (exact) mass is 241 g/mol. The molecular weight excluding hydrogens is 226 g/mol. The number of hydrogen-bond acceptors (Lipinski definition) is 4. The van der Waals surface area contributed by atoms with Crippen molar-refractivity contribution in [2.75, 3.05) is 5.43 Å². The Morgan fingerprint density at radius 3 is 2.67 bits per heavy atom. The largest absolute Gasteiger partial charge is 0.275 e. The van der Waals surface area contributed by atoms with Crippen LogP contribution in [0.25, 0.3) is 0 Å². The third kappa shape index (κ3) is 1.99. The van der Waals surface area contributed by atoms with E-state index in [1.54, 1.807) is 17.3 Å². The Morgan fingerprint density at radius 1 is 1.17 bits per heavy atom. The van der Waals surface area contributed by atoms with Crippen molar-refractivity contribution in [2.45, 2.75) is 25.8 Å². The van der Waals surface area contributed by atoms with Gasteiger partial charge in [0.2, 0.25) is 0 Å². The standard InChI is InChI=1S/C13H15N5/c1-13(2)7-10-5-3-4-6-11(10)12(16-13)17-18-8-14-15-9-18/h3-6,8-9H,7H2,1-2H3,(H,16,17). The van der Waals surface area contributed by atoms with Gasteiger partial charge >= 0.3 is 0 Å². The summed E-state index contributed by atoms with van der Waals surface area (Å²) in [7, 11) is 0. The normalized spacial score (nSPS) is 16.9. The molecule has 0 unspecified atom stereocenters. The molecule has 1 aliphatic rings. The molecule has 1 N–H and O–H groups in total. The van der Waals surface area contributed by atoms with Gasteiger partial charge in [0.1, 0.15) is 18.5 Å². The van der Waals surface area contributed by atoms with Gasteiger partial charge in [-0.3, -0.25) is 10.4 Å². The van der Waals surface area contributed by atoms with Gasteiger partial charge in [-0.05, 0) is 25.8 Å². The van der Waals surface area contributed by atoms with Gasteiger partial charge < -0.3 is 0 Å². The lowest BCUT2D eigenvalue weighted by molar-refractivity contribution is 0.512. The minimum Gasteiger partial charge on any atom is -0.275 e. The Morgan fingerprint density at radius 2 is 1.89 bits per heavy atom. The third-order valence-electron chi connectivity index (χ3n) is 2.96. The SMILES string of the molecule is CC1(C)Cc2ccccc2C(Nn2cnnc2)=N1. The fourth-order valence-corrected chi connectivity index (χ4v) is 2.24. The highest BCUT2D eigenvalue weighted by molar-refractivity contribution is 6.06. The lowest BCUT2D eigenvalue weighted by atomic mass is 9.89. The van der Waals surface area contributed by atoms with Crippen LogP contribution in [0.4, 0.5) is 0 Å². The number of rotatable bonds is 1. The van der Waals surface area contributed by atoms with Crippen molar-refractivity contribution >= 4 is 5.84 Å². The van der Waals surface area contributed by atoms with Gasteiger partial charge in [-0.15, -0.1) is 10.2 Å². The van der Waals surface area contributed by atoms with E-state index < -0.39 is 0 Å². The molecule has 1 aromatic heterocycles. The van der Waals surface area contributed by atoms with Crippen LogP contribution in [-0.2, 0) is 6.42 Å². The van der Waals surface area contributed by atoms with Crippen LogP contribution in [0, 0.1) is 0 Å². The predicted molar refractivity (Wildman–Crippen MR) is 70.1 cm³/mol. The van der Waals surface area contributed by atoms with E-state index in [0.717, 1.165) is 17.8 Å². The molecule has 5 heteroatoms. The fourth-order valence-electron chi connectivity index (χ4n) is 2.24. The van der Waals surface area contributed by atoms with Crippen LogP contribution in [0.1, 0.15) is 25.0 Å². The number of aliphatic imine (C=N–C) groups is 1. The van der Waals surface area contributed by atoms with Gasteiger partial charge in [-0.1, -0.05) is 24.3 Å². The number of benzene rings is 1. The Bertz CT molecular complexity index is 583. The average Bonchev–Trinajstić information content (AvgIpc) is 2.80. The molecule has 0 fully saturated rings. The second-order valence-corrected chi connectivity index (χ2v) is 5.09. The lowest BCUT2D eigenvalue weighted by Gasteiger charge is -2.29. The first-order chi connectivity index (χ1) is 8.64. The van der Waals surface area contributed by atoms with Crippen LogP contribution in [0.5, 0.6) is 0 Å². The molecule has 3 rings (SSSR count). The average molecular weight is 241 g/mol. The first-order valence-corrected chi connectivity index (χ1v) is 5.94. The van der Waals surface area contributed by atoms with E-state index in [4.69, 9.17) is 4.99 Å². The fraction of sp³-hybridized carbons (Fsp3) is 0.308. The number of nitrogens with zero attached hydrogens (tertiary/aromatic N) is 4. The van der Waals surface area contributed by atoms with Gasteiger partial charge in [0, 0.05) is 5.56 Å². The Labute approximate surface area is 106 Å². The number of amidine groups is 1. The second kappa shape index (κ2) is 3.94. The van der Waals surface area contributed by atoms with Crippen molar-refractivity contribution in [1.29, 1.82) is 0 Å². The van der Waals surface area contributed by atoms with Crippen molar-refractivity contribution in [3.8, 4) is 0 Å². The molecule has 0 atom stereocenters. The lowest BCUT2D eigenvalue weighted by Crippen LogP contribution is -2.34. The second-order valence-electron chi connectivity index (χ2n) is 5.09. The number of aromatic nitrogens is 3. The van der Waals surface area contributed by atoms with Gasteiger partial charge in [0.05, 0.1) is 5.54 Å². The highest BCUT2D eigenvalue weighted by atomic mass is 15.5. The van der Waals surface area contributed by atoms with E-state index in [0.29, 0.717) is 0 Å². The molecule has 18 heavy (non-hydrogen) atoms. The van der Waals surface area contributed by atoms with E-state index >= 15 is 0 Å². The van der Waals surface area contributed by atoms with Crippen LogP contribution in [-0.4, -0.2) is 26.2 Å². The molecule has 2 heterocycles. The predicted octanol–water partition coefficient (Wildman–Crippen LogP) is 1.60. The first kappa shape index (κ1) is 11.0. The van der Waals surface area contributed by atoms with E-state index in [-0.39, 0.29) is 5.54 Å². The molecule has 0 saturated carbocycles. The van der Waals surface area contributed by atoms with E-state index in [9.17, 15) is 0 Å². The van der Waals surface area contributed by atoms with Crippen molar-refractivity contribution in [3.63, 3.8) is 0 Å². The zero-order valence-electron chi connectivity index (χ0n) is 10.5. The molecule has 0 bridgehead atoms. The molecule has 0 spiro atoms. The topological polar surface area (TPSA) is 55.1 Å². The van der Waals surface area contributed by atoms with Crippen LogP contribution >= 0.6 is 0 Å². The zero-order chi connectivity index (χ0) is 12.6. The van der Waals surface area contributed by atoms with Gasteiger partial charge in [-0.25, -0.2) is 4.68 Å². The summed E-state index contributed by atoms with van der Waals surface area (Å²) in [5.41, 5.74) is 5.58. The van der Waals surface area contributed by atoms with Gasteiger partial charge in [-0.2, -0.15) is 0 Å². The van der Waals surface area contributed by atoms with Gasteiger partial charge in [0.25, 0.3) is 0 Å². The summed E-state index contributed by atoms with van der Waals surface area (Å²) in [4.78, 5) is 4.76. The smallest absolute Gasteiger partial charge is 0.148 e. The molecule has 1 aliphatic heterocycles. The summed E-state index contributed by atoms with van der Waals surface area (Å²) in [5, 5.41) is 7.55. The van der Waals surface area contributed by atoms with Gasteiger partial charge in [0.15, 0.2) is 0 Å². The van der Waals surface area contributed by atoms with Crippen LogP contribution in [0.3, 0.4) is 0 Å². The summed E-state index contributed by atoms with van der Waals surface area (Å²) < 4.78 is 1.71. The molecule has 0 radical (unpaired) electrons. The highest BCUT2D eigenvalue weighted by Gasteiger charge is 2.26. The molecular formula is C13H15N5. The molecule has 0 saturated heterocycles. The molecule has 0 amide bonds. The first-order valence-electron chi connectivity index (χ1n) is 5.94. The Hall–Kier alpha value is -2.17. The zero-order valence-corrected chi connectivity index (χ0v) is 10.5. The molecule has 1 aromatic carbocycles. The summed E-state index contributed by atoms with van der Waals surface area (Å²) >= 11 is 0. The number of nitrogens with one attached hydrogen (secondary N) is 1. The summed E-state index contributed by atoms with van der Waals surface area (Å²) in [6.07, 6.45) is 4.19. The maximum absolute atomic E-state index is 4.76. The van der Waals surface area contributed by atoms with E-state index in [1.165, 1.54) is 5.56 Å². The van der Waals surface area contributed by atoms with E-state index in [2.05, 4.69) is 47.7 Å². The van der Waals surface area contributed by atoms with Crippen molar-refractivity contribution in [2.24, 2.45) is 4.99 Å². The quantitative estimate of drug-likeness (QED) is 0.825. The van der Waals surface area contributed by atoms with Crippen molar-refractivity contribution < 1.29 is 0 Å². The molecule has 0 aliphatic carbocycles. The van der Waals surface area contributed by atoms with Crippen LogP contribution in [0.2, 0.25) is 0 Å². The Balaban J connectivity index is 2.02. The summed E-state index contributed by atoms with van der Waals surface area (Å²) in [6.45, 7) is 4.27. The Kier molecular flexibility index (Phi) is 2.40. The maximum Gasteiger partial charge on any atom is 0.148 e. The third-order valence-corrected chi connectivity index (χ3v) is 2.96. The number of fused-ring (bicyclic) bond motifs is 1. The highest BCUT2D eigenvalue weighted by Crippen LogP contribution is 2.26. The summed E-state index contributed by atoms with van der Waals surface area (Å²) in [6, 6.07) is 8.33. The minimum atomic E-state index is -0.0926. The molecule has 92 valence electrons. The summed E-state index contributed by atoms with van der Waals surface area (Å²) in [5.74, 6) is 0.863. The van der Waals surface area contributed by atoms with E-state index in [1.807, 2.05) is 6.07 Å².